The molecule has 1 aliphatic rings. The number of nitrogens with two attached hydrogens (primary N) is 1. The quantitative estimate of drug-likeness (QED) is 0.778. The fourth-order valence-electron chi connectivity index (χ4n) is 2.35. The number of aliphatic hydroxyl groups excluding tert-OH is 1. The third-order valence-electron chi connectivity index (χ3n) is 3.36. The molecular weight excluding hydrogens is 258 g/mol. The zero-order valence-electron chi connectivity index (χ0n) is 11.8. The molecular formula is C15H21NO4. The van der Waals surface area contributed by atoms with Crippen molar-refractivity contribution in [1.82, 2.24) is 0 Å². The van der Waals surface area contributed by atoms with E-state index in [0.29, 0.717) is 35.8 Å². The molecule has 2 rings (SSSR count). The summed E-state index contributed by atoms with van der Waals surface area (Å²) >= 11 is 0. The number of fused-ring (bicyclic) bond motifs is 1. The number of hydrogen-bond acceptors (Lipinski definition) is 5. The first-order valence-electron chi connectivity index (χ1n) is 7.04. The molecule has 0 fully saturated rings. The van der Waals surface area contributed by atoms with Gasteiger partial charge in [0.05, 0.1) is 24.5 Å². The summed E-state index contributed by atoms with van der Waals surface area (Å²) in [4.78, 5) is 12.1. The Bertz CT molecular complexity index is 499. The summed E-state index contributed by atoms with van der Waals surface area (Å²) in [5.74, 6) is 1.07. The number of ether oxygens (including phenoxy) is 2. The van der Waals surface area contributed by atoms with Gasteiger partial charge in [0.15, 0.2) is 5.78 Å². The van der Waals surface area contributed by atoms with Crippen molar-refractivity contribution in [2.45, 2.75) is 32.6 Å². The van der Waals surface area contributed by atoms with E-state index >= 15 is 0 Å². The van der Waals surface area contributed by atoms with E-state index in [2.05, 4.69) is 6.92 Å². The van der Waals surface area contributed by atoms with E-state index in [1.807, 2.05) is 6.07 Å². The number of anilines is 1. The first-order valence-corrected chi connectivity index (χ1v) is 7.04. The lowest BCUT2D eigenvalue weighted by Crippen LogP contribution is -2.19. The summed E-state index contributed by atoms with van der Waals surface area (Å²) < 4.78 is 11.1. The number of rotatable bonds is 6. The maximum atomic E-state index is 12.1. The van der Waals surface area contributed by atoms with Crippen molar-refractivity contribution >= 4 is 11.5 Å². The van der Waals surface area contributed by atoms with Crippen LogP contribution < -0.4 is 15.2 Å². The van der Waals surface area contributed by atoms with Gasteiger partial charge < -0.3 is 20.3 Å². The van der Waals surface area contributed by atoms with E-state index < -0.39 is 0 Å². The Labute approximate surface area is 118 Å². The van der Waals surface area contributed by atoms with Crippen LogP contribution in [0, 0.1) is 0 Å². The molecule has 0 unspecified atom stereocenters. The summed E-state index contributed by atoms with van der Waals surface area (Å²) in [7, 11) is 0. The highest BCUT2D eigenvalue weighted by molar-refractivity contribution is 6.05. The fraction of sp³-hybridized carbons (Fsp3) is 0.533. The molecule has 0 radical (unpaired) electrons. The monoisotopic (exact) mass is 279 g/mol. The average Bonchev–Trinajstić information content (AvgIpc) is 2.45. The van der Waals surface area contributed by atoms with Crippen LogP contribution in [-0.4, -0.2) is 30.7 Å². The third kappa shape index (κ3) is 2.88. The highest BCUT2D eigenvalue weighted by Gasteiger charge is 2.26. The number of ketones is 1. The molecule has 0 saturated heterocycles. The van der Waals surface area contributed by atoms with Crippen LogP contribution in [0.2, 0.25) is 0 Å². The smallest absolute Gasteiger partial charge is 0.172 e. The molecule has 0 saturated carbocycles. The molecule has 3 N–H and O–H groups in total. The van der Waals surface area contributed by atoms with Crippen molar-refractivity contribution in [2.24, 2.45) is 0 Å². The van der Waals surface area contributed by atoms with Crippen molar-refractivity contribution < 1.29 is 19.4 Å². The minimum Gasteiger partial charge on any atom is -0.492 e. The van der Waals surface area contributed by atoms with Gasteiger partial charge in [0.2, 0.25) is 0 Å². The van der Waals surface area contributed by atoms with Crippen molar-refractivity contribution in [3.63, 3.8) is 0 Å². The molecule has 1 aliphatic heterocycles. The Morgan fingerprint density at radius 2 is 2.30 bits per heavy atom. The van der Waals surface area contributed by atoms with Gasteiger partial charge in [-0.05, 0) is 24.5 Å². The van der Waals surface area contributed by atoms with Crippen molar-refractivity contribution in [2.75, 3.05) is 25.6 Å². The van der Waals surface area contributed by atoms with E-state index in [1.54, 1.807) is 0 Å². The molecule has 110 valence electrons. The maximum absolute atomic E-state index is 12.1. The van der Waals surface area contributed by atoms with Gasteiger partial charge in [-0.15, -0.1) is 0 Å². The highest BCUT2D eigenvalue weighted by Crippen LogP contribution is 2.40. The van der Waals surface area contributed by atoms with Crippen molar-refractivity contribution in [1.29, 1.82) is 0 Å². The molecule has 0 amide bonds. The van der Waals surface area contributed by atoms with Gasteiger partial charge in [0.25, 0.3) is 0 Å². The average molecular weight is 279 g/mol. The Kier molecular flexibility index (Phi) is 4.84. The lowest BCUT2D eigenvalue weighted by molar-refractivity contribution is 0.0933. The maximum Gasteiger partial charge on any atom is 0.172 e. The third-order valence-corrected chi connectivity index (χ3v) is 3.36. The second-order valence-corrected chi connectivity index (χ2v) is 4.85. The normalized spacial score (nSPS) is 13.8. The van der Waals surface area contributed by atoms with E-state index in [1.165, 1.54) is 0 Å². The molecule has 1 aromatic rings. The highest BCUT2D eigenvalue weighted by atomic mass is 16.5. The van der Waals surface area contributed by atoms with Crippen LogP contribution in [0.5, 0.6) is 11.5 Å². The molecule has 0 atom stereocenters. The van der Waals surface area contributed by atoms with Crippen LogP contribution in [0.25, 0.3) is 0 Å². The molecule has 0 aliphatic carbocycles. The molecule has 5 nitrogen and oxygen atoms in total. The fourth-order valence-corrected chi connectivity index (χ4v) is 2.35. The standard InChI is InChI=1S/C15H21NO4/c1-2-3-4-10-9-12(19-8-6-17)14(16)13-11(18)5-7-20-15(10)13/h9,17H,2-8,16H2,1H3. The first kappa shape index (κ1) is 14.7. The van der Waals surface area contributed by atoms with Crippen molar-refractivity contribution in [3.05, 3.63) is 17.2 Å². The Balaban J connectivity index is 2.44. The van der Waals surface area contributed by atoms with Crippen LogP contribution in [0.15, 0.2) is 6.07 Å². The van der Waals surface area contributed by atoms with Gasteiger partial charge in [0.1, 0.15) is 18.1 Å². The van der Waals surface area contributed by atoms with Crippen molar-refractivity contribution in [3.8, 4) is 11.5 Å². The number of nitrogen functional groups attached to an aromatic ring is 1. The Morgan fingerprint density at radius 3 is 3.00 bits per heavy atom. The summed E-state index contributed by atoms with van der Waals surface area (Å²) in [6.45, 7) is 2.58. The molecule has 5 heteroatoms. The number of unbranched alkanes of at least 4 members (excludes halogenated alkanes) is 1. The Morgan fingerprint density at radius 1 is 1.50 bits per heavy atom. The van der Waals surface area contributed by atoms with E-state index in [0.717, 1.165) is 24.8 Å². The molecule has 20 heavy (non-hydrogen) atoms. The zero-order chi connectivity index (χ0) is 14.5. The summed E-state index contributed by atoms with van der Waals surface area (Å²) in [6, 6.07) is 1.83. The summed E-state index contributed by atoms with van der Waals surface area (Å²) in [5, 5.41) is 8.86. The SMILES string of the molecule is CCCCc1cc(OCCO)c(N)c2c1OCCC2=O. The number of hydrogen-bond donors (Lipinski definition) is 2. The van der Waals surface area contributed by atoms with Gasteiger partial charge in [-0.25, -0.2) is 0 Å². The number of aliphatic hydroxyl groups is 1. The topological polar surface area (TPSA) is 81.8 Å². The van der Waals surface area contributed by atoms with Gasteiger partial charge in [0, 0.05) is 6.42 Å². The van der Waals surface area contributed by atoms with Gasteiger partial charge in [-0.2, -0.15) is 0 Å². The largest absolute Gasteiger partial charge is 0.492 e. The minimum atomic E-state index is -0.0920. The predicted octanol–water partition coefficient (Wildman–Crippen LogP) is 1.95. The molecule has 1 heterocycles. The van der Waals surface area contributed by atoms with E-state index in [4.69, 9.17) is 20.3 Å². The summed E-state index contributed by atoms with van der Waals surface area (Å²) in [6.07, 6.45) is 3.23. The predicted molar refractivity (Wildman–Crippen MR) is 76.5 cm³/mol. The van der Waals surface area contributed by atoms with Crippen LogP contribution in [0.3, 0.4) is 0 Å². The minimum absolute atomic E-state index is 0.00375. The molecule has 0 spiro atoms. The van der Waals surface area contributed by atoms with Crippen LogP contribution >= 0.6 is 0 Å². The molecule has 0 aromatic heterocycles. The van der Waals surface area contributed by atoms with E-state index in [9.17, 15) is 4.79 Å². The zero-order valence-corrected chi connectivity index (χ0v) is 11.8. The second kappa shape index (κ2) is 6.61. The number of carbonyl (C=O) groups is 1. The van der Waals surface area contributed by atoms with Crippen LogP contribution in [0.4, 0.5) is 5.69 Å². The first-order chi connectivity index (χ1) is 9.69. The number of carbonyl (C=O) groups excluding carboxylic acids is 1. The molecule has 0 bridgehead atoms. The van der Waals surface area contributed by atoms with Gasteiger partial charge in [-0.3, -0.25) is 4.79 Å². The van der Waals surface area contributed by atoms with Gasteiger partial charge >= 0.3 is 0 Å². The molecule has 1 aromatic carbocycles. The summed E-state index contributed by atoms with van der Waals surface area (Å²) in [5.41, 5.74) is 7.74. The van der Waals surface area contributed by atoms with Crippen LogP contribution in [0.1, 0.15) is 42.1 Å². The lowest BCUT2D eigenvalue weighted by atomic mass is 9.96. The number of aryl methyl sites for hydroxylation is 1. The van der Waals surface area contributed by atoms with Crippen LogP contribution in [-0.2, 0) is 6.42 Å². The van der Waals surface area contributed by atoms with E-state index in [-0.39, 0.29) is 19.0 Å². The van der Waals surface area contributed by atoms with Gasteiger partial charge in [-0.1, -0.05) is 13.3 Å². The Hall–Kier alpha value is -1.75. The second-order valence-electron chi connectivity index (χ2n) is 4.85. The number of benzene rings is 1. The number of Topliss-reactive ketones (excluding diaryl/α,β-unsaturated/α-hetero) is 1. The lowest BCUT2D eigenvalue weighted by Gasteiger charge is -2.23.